The van der Waals surface area contributed by atoms with Gasteiger partial charge >= 0.3 is 0 Å². The van der Waals surface area contributed by atoms with Crippen molar-refractivity contribution in [2.24, 2.45) is 0 Å². The Bertz CT molecular complexity index is 393. The van der Waals surface area contributed by atoms with Gasteiger partial charge in [-0.15, -0.1) is 0 Å². The summed E-state index contributed by atoms with van der Waals surface area (Å²) in [7, 11) is 0. The highest BCUT2D eigenvalue weighted by atomic mass is 16.5. The summed E-state index contributed by atoms with van der Waals surface area (Å²) < 4.78 is 5.48. The lowest BCUT2D eigenvalue weighted by Gasteiger charge is -2.16. The van der Waals surface area contributed by atoms with Gasteiger partial charge in [-0.2, -0.15) is 4.98 Å². The number of nitrogens with one attached hydrogen (secondary N) is 1. The predicted octanol–water partition coefficient (Wildman–Crippen LogP) is 1.36. The zero-order valence-electron chi connectivity index (χ0n) is 11.6. The summed E-state index contributed by atoms with van der Waals surface area (Å²) in [4.78, 5) is 10.7. The SMILES string of the molecule is CCCOc1ncnc(NCCN2CCCC2)c1N. The first-order valence-corrected chi connectivity index (χ1v) is 7.00. The summed E-state index contributed by atoms with van der Waals surface area (Å²) >= 11 is 0. The summed E-state index contributed by atoms with van der Waals surface area (Å²) in [6.07, 6.45) is 5.04. The number of anilines is 2. The molecule has 1 saturated heterocycles. The molecule has 1 aromatic rings. The van der Waals surface area contributed by atoms with Gasteiger partial charge in [-0.25, -0.2) is 4.98 Å². The molecule has 0 spiro atoms. The zero-order valence-corrected chi connectivity index (χ0v) is 11.6. The van der Waals surface area contributed by atoms with Crippen LogP contribution < -0.4 is 15.8 Å². The fourth-order valence-electron chi connectivity index (χ4n) is 2.17. The molecule has 0 amide bonds. The van der Waals surface area contributed by atoms with Crippen molar-refractivity contribution in [1.82, 2.24) is 14.9 Å². The number of nitrogens with zero attached hydrogens (tertiary/aromatic N) is 3. The van der Waals surface area contributed by atoms with E-state index in [-0.39, 0.29) is 0 Å². The number of hydrogen-bond acceptors (Lipinski definition) is 6. The molecule has 2 rings (SSSR count). The standard InChI is InChI=1S/C13H23N5O/c1-2-9-19-13-11(14)12(16-10-17-13)15-5-8-18-6-3-4-7-18/h10H,2-9,14H2,1H3,(H,15,16,17). The van der Waals surface area contributed by atoms with E-state index in [9.17, 15) is 0 Å². The van der Waals surface area contributed by atoms with E-state index in [0.717, 1.165) is 19.5 Å². The molecule has 19 heavy (non-hydrogen) atoms. The highest BCUT2D eigenvalue weighted by Gasteiger charge is 2.12. The van der Waals surface area contributed by atoms with Gasteiger partial charge in [0.1, 0.15) is 12.0 Å². The summed E-state index contributed by atoms with van der Waals surface area (Å²) in [5.74, 6) is 1.14. The second-order valence-electron chi connectivity index (χ2n) is 4.77. The Kier molecular flexibility index (Phi) is 5.20. The number of nitrogens with two attached hydrogens (primary N) is 1. The van der Waals surface area contributed by atoms with E-state index in [1.807, 2.05) is 6.92 Å². The minimum absolute atomic E-state index is 0.473. The second kappa shape index (κ2) is 7.13. The molecule has 0 bridgehead atoms. The Labute approximate surface area is 114 Å². The molecule has 0 saturated carbocycles. The van der Waals surface area contributed by atoms with Crippen LogP contribution in [0.4, 0.5) is 11.5 Å². The number of rotatable bonds is 7. The number of nitrogen functional groups attached to an aromatic ring is 1. The molecule has 6 nitrogen and oxygen atoms in total. The van der Waals surface area contributed by atoms with Gasteiger partial charge in [0.25, 0.3) is 0 Å². The molecule has 2 heterocycles. The summed E-state index contributed by atoms with van der Waals surface area (Å²) in [6, 6.07) is 0. The number of ether oxygens (including phenoxy) is 1. The molecule has 1 aliphatic rings. The Hall–Kier alpha value is -1.56. The van der Waals surface area contributed by atoms with Gasteiger partial charge < -0.3 is 20.7 Å². The molecule has 106 valence electrons. The third kappa shape index (κ3) is 3.96. The fraction of sp³-hybridized carbons (Fsp3) is 0.692. The van der Waals surface area contributed by atoms with Crippen LogP contribution in [0.25, 0.3) is 0 Å². The van der Waals surface area contributed by atoms with E-state index in [2.05, 4.69) is 20.2 Å². The molecule has 0 aliphatic carbocycles. The molecule has 1 aromatic heterocycles. The zero-order chi connectivity index (χ0) is 13.5. The van der Waals surface area contributed by atoms with E-state index in [0.29, 0.717) is 24.0 Å². The van der Waals surface area contributed by atoms with Crippen molar-refractivity contribution >= 4 is 11.5 Å². The monoisotopic (exact) mass is 265 g/mol. The maximum Gasteiger partial charge on any atom is 0.242 e. The van der Waals surface area contributed by atoms with E-state index >= 15 is 0 Å². The second-order valence-corrected chi connectivity index (χ2v) is 4.77. The van der Waals surface area contributed by atoms with Crippen LogP contribution in [0.15, 0.2) is 6.33 Å². The average molecular weight is 265 g/mol. The first-order chi connectivity index (χ1) is 9.31. The normalized spacial score (nSPS) is 15.6. The molecule has 3 N–H and O–H groups in total. The van der Waals surface area contributed by atoms with Crippen molar-refractivity contribution in [2.45, 2.75) is 26.2 Å². The molecule has 0 aromatic carbocycles. The van der Waals surface area contributed by atoms with Crippen LogP contribution in [-0.4, -0.2) is 47.7 Å². The topological polar surface area (TPSA) is 76.3 Å². The van der Waals surface area contributed by atoms with E-state index in [4.69, 9.17) is 10.5 Å². The first-order valence-electron chi connectivity index (χ1n) is 7.00. The van der Waals surface area contributed by atoms with Gasteiger partial charge in [-0.05, 0) is 32.4 Å². The maximum atomic E-state index is 5.99. The minimum atomic E-state index is 0.473. The minimum Gasteiger partial charge on any atom is -0.476 e. The van der Waals surface area contributed by atoms with E-state index in [1.54, 1.807) is 0 Å². The highest BCUT2D eigenvalue weighted by molar-refractivity contribution is 5.66. The molecule has 0 atom stereocenters. The maximum absolute atomic E-state index is 5.99. The van der Waals surface area contributed by atoms with Crippen molar-refractivity contribution in [3.63, 3.8) is 0 Å². The summed E-state index contributed by atoms with van der Waals surface area (Å²) in [5, 5.41) is 3.26. The summed E-state index contributed by atoms with van der Waals surface area (Å²) in [5.41, 5.74) is 6.49. The Morgan fingerprint density at radius 1 is 1.37 bits per heavy atom. The third-order valence-electron chi connectivity index (χ3n) is 3.21. The number of aromatic nitrogens is 2. The molecule has 0 radical (unpaired) electrons. The van der Waals surface area contributed by atoms with Gasteiger partial charge in [-0.1, -0.05) is 6.92 Å². The predicted molar refractivity (Wildman–Crippen MR) is 76.4 cm³/mol. The first kappa shape index (κ1) is 13.9. The van der Waals surface area contributed by atoms with Crippen LogP contribution in [-0.2, 0) is 0 Å². The van der Waals surface area contributed by atoms with Crippen LogP contribution in [0, 0.1) is 0 Å². The van der Waals surface area contributed by atoms with Crippen molar-refractivity contribution < 1.29 is 4.74 Å². The Morgan fingerprint density at radius 2 is 2.16 bits per heavy atom. The van der Waals surface area contributed by atoms with Crippen molar-refractivity contribution in [3.05, 3.63) is 6.33 Å². The number of likely N-dealkylation sites (tertiary alicyclic amines) is 1. The largest absolute Gasteiger partial charge is 0.476 e. The van der Waals surface area contributed by atoms with Gasteiger partial charge in [0.05, 0.1) is 6.61 Å². The molecule has 1 aliphatic heterocycles. The smallest absolute Gasteiger partial charge is 0.242 e. The van der Waals surface area contributed by atoms with Crippen LogP contribution in [0.1, 0.15) is 26.2 Å². The lowest BCUT2D eigenvalue weighted by atomic mass is 10.4. The van der Waals surface area contributed by atoms with E-state index < -0.39 is 0 Å². The molecule has 6 heteroatoms. The van der Waals surface area contributed by atoms with E-state index in [1.165, 1.54) is 32.3 Å². The van der Waals surface area contributed by atoms with Crippen molar-refractivity contribution in [1.29, 1.82) is 0 Å². The average Bonchev–Trinajstić information content (AvgIpc) is 2.92. The van der Waals surface area contributed by atoms with Crippen LogP contribution in [0.3, 0.4) is 0 Å². The molecular weight excluding hydrogens is 242 g/mol. The lowest BCUT2D eigenvalue weighted by molar-refractivity contribution is 0.306. The Balaban J connectivity index is 1.84. The highest BCUT2D eigenvalue weighted by Crippen LogP contribution is 2.24. The molecule has 1 fully saturated rings. The van der Waals surface area contributed by atoms with Gasteiger partial charge in [0.15, 0.2) is 5.82 Å². The fourth-order valence-corrected chi connectivity index (χ4v) is 2.17. The molecular formula is C13H23N5O. The molecule has 0 unspecified atom stereocenters. The van der Waals surface area contributed by atoms with Crippen LogP contribution in [0.2, 0.25) is 0 Å². The Morgan fingerprint density at radius 3 is 2.89 bits per heavy atom. The van der Waals surface area contributed by atoms with Gasteiger partial charge in [0, 0.05) is 13.1 Å². The van der Waals surface area contributed by atoms with Gasteiger partial charge in [0.2, 0.25) is 5.88 Å². The van der Waals surface area contributed by atoms with Crippen LogP contribution in [0.5, 0.6) is 5.88 Å². The van der Waals surface area contributed by atoms with Crippen molar-refractivity contribution in [2.75, 3.05) is 43.8 Å². The van der Waals surface area contributed by atoms with Gasteiger partial charge in [-0.3, -0.25) is 0 Å². The van der Waals surface area contributed by atoms with Crippen molar-refractivity contribution in [3.8, 4) is 5.88 Å². The van der Waals surface area contributed by atoms with Crippen LogP contribution >= 0.6 is 0 Å². The number of hydrogen-bond donors (Lipinski definition) is 2. The summed E-state index contributed by atoms with van der Waals surface area (Å²) in [6.45, 7) is 6.93. The third-order valence-corrected chi connectivity index (χ3v) is 3.21. The lowest BCUT2D eigenvalue weighted by Crippen LogP contribution is -2.26. The quantitative estimate of drug-likeness (QED) is 0.775.